The number of rotatable bonds is 11. The van der Waals surface area contributed by atoms with Gasteiger partial charge in [0.25, 0.3) is 5.56 Å². The van der Waals surface area contributed by atoms with Gasteiger partial charge in [-0.3, -0.25) is 14.8 Å². The van der Waals surface area contributed by atoms with E-state index in [0.29, 0.717) is 22.6 Å². The van der Waals surface area contributed by atoms with Crippen LogP contribution in [-0.2, 0) is 11.3 Å². The van der Waals surface area contributed by atoms with Gasteiger partial charge in [0.05, 0.1) is 23.7 Å². The topological polar surface area (TPSA) is 92.4 Å². The number of nitrogens with one attached hydrogen (secondary N) is 2. The third kappa shape index (κ3) is 6.65. The van der Waals surface area contributed by atoms with Crippen LogP contribution in [0.25, 0.3) is 10.9 Å². The highest BCUT2D eigenvalue weighted by Crippen LogP contribution is 2.22. The minimum atomic E-state index is -0.260. The molecule has 2 heterocycles. The summed E-state index contributed by atoms with van der Waals surface area (Å²) in [5.74, 6) is 1.03. The van der Waals surface area contributed by atoms with Crippen LogP contribution in [0.1, 0.15) is 24.0 Å². The van der Waals surface area contributed by atoms with Gasteiger partial charge in [0, 0.05) is 38.6 Å². The van der Waals surface area contributed by atoms with Crippen molar-refractivity contribution < 1.29 is 9.47 Å². The molecule has 8 heteroatoms. The van der Waals surface area contributed by atoms with Gasteiger partial charge in [-0.1, -0.05) is 31.2 Å². The zero-order valence-corrected chi connectivity index (χ0v) is 20.3. The summed E-state index contributed by atoms with van der Waals surface area (Å²) in [5, 5.41) is 3.91. The van der Waals surface area contributed by atoms with Crippen LogP contribution in [0.3, 0.4) is 0 Å². The van der Waals surface area contributed by atoms with E-state index in [1.807, 2.05) is 24.3 Å². The lowest BCUT2D eigenvalue weighted by atomic mass is 9.99. The second kappa shape index (κ2) is 11.6. The molecule has 0 spiro atoms. The molecule has 0 amide bonds. The summed E-state index contributed by atoms with van der Waals surface area (Å²) < 4.78 is 10.9. The molecule has 0 aliphatic rings. The third-order valence-corrected chi connectivity index (χ3v) is 5.86. The van der Waals surface area contributed by atoms with Gasteiger partial charge in [-0.15, -0.1) is 0 Å². The fourth-order valence-corrected chi connectivity index (χ4v) is 3.85. The molecule has 0 bridgehead atoms. The number of methoxy groups -OCH3 is 1. The molecule has 0 aliphatic carbocycles. The van der Waals surface area contributed by atoms with Gasteiger partial charge in [0.1, 0.15) is 5.75 Å². The maximum atomic E-state index is 12.2. The Kier molecular flexibility index (Phi) is 8.07. The molecule has 0 fully saturated rings. The van der Waals surface area contributed by atoms with Crippen molar-refractivity contribution in [1.82, 2.24) is 19.9 Å². The van der Waals surface area contributed by atoms with E-state index in [4.69, 9.17) is 9.47 Å². The Balaban J connectivity index is 1.30. The number of nitrogens with zero attached hydrogens (tertiary/aromatic N) is 3. The molecule has 35 heavy (non-hydrogen) atoms. The van der Waals surface area contributed by atoms with E-state index in [0.717, 1.165) is 31.9 Å². The molecule has 8 nitrogen and oxygen atoms in total. The number of hydrogen-bond acceptors (Lipinski definition) is 7. The predicted molar refractivity (Wildman–Crippen MR) is 138 cm³/mol. The van der Waals surface area contributed by atoms with Crippen molar-refractivity contribution in [2.24, 2.45) is 0 Å². The van der Waals surface area contributed by atoms with E-state index < -0.39 is 0 Å². The molecular formula is C27H31N5O3. The summed E-state index contributed by atoms with van der Waals surface area (Å²) >= 11 is 0. The summed E-state index contributed by atoms with van der Waals surface area (Å²) in [6.07, 6.45) is 3.10. The largest absolute Gasteiger partial charge is 0.426 e. The van der Waals surface area contributed by atoms with Gasteiger partial charge in [0.2, 0.25) is 0 Å². The summed E-state index contributed by atoms with van der Waals surface area (Å²) in [4.78, 5) is 25.5. The summed E-state index contributed by atoms with van der Waals surface area (Å²) in [6, 6.07) is 18.0. The molecule has 1 unspecified atom stereocenters. The molecule has 0 aliphatic heterocycles. The number of aromatic nitrogens is 3. The van der Waals surface area contributed by atoms with Gasteiger partial charge in [-0.25, -0.2) is 0 Å². The number of anilines is 1. The first-order chi connectivity index (χ1) is 17.0. The summed E-state index contributed by atoms with van der Waals surface area (Å²) in [5.41, 5.74) is 3.74. The molecule has 2 aromatic heterocycles. The Labute approximate surface area is 205 Å². The molecule has 4 aromatic rings. The number of likely N-dealkylation sites (N-methyl/N-ethyl adjacent to an activating group) is 1. The number of ether oxygens (including phenoxy) is 2. The lowest BCUT2D eigenvalue weighted by molar-refractivity contribution is 0.159. The van der Waals surface area contributed by atoms with Gasteiger partial charge in [-0.2, -0.15) is 4.98 Å². The van der Waals surface area contributed by atoms with Crippen molar-refractivity contribution in [1.29, 1.82) is 0 Å². The molecule has 4 rings (SSSR count). The Bertz CT molecular complexity index is 1290. The molecule has 1 atom stereocenters. The van der Waals surface area contributed by atoms with Crippen LogP contribution in [0.5, 0.6) is 11.8 Å². The minimum absolute atomic E-state index is 0.135. The zero-order chi connectivity index (χ0) is 24.6. The fraction of sp³-hybridized carbons (Fsp3) is 0.296. The van der Waals surface area contributed by atoms with Crippen LogP contribution in [-0.4, -0.2) is 53.7 Å². The van der Waals surface area contributed by atoms with Crippen molar-refractivity contribution in [2.75, 3.05) is 39.2 Å². The Morgan fingerprint density at radius 3 is 2.60 bits per heavy atom. The molecule has 2 aromatic carbocycles. The standard InChI is InChI=1S/C27H31N5O3/c1-19(18-32(2)14-15-34-3)21-6-4-20(5-7-21)16-29-22-8-10-23(11-9-22)35-27-30-25-17-28-13-12-24(25)26(33)31-27/h4-13,17,19,29H,14-16,18H2,1-3H3,(H,30,31,33). The van der Waals surface area contributed by atoms with Crippen LogP contribution in [0.15, 0.2) is 71.8 Å². The zero-order valence-electron chi connectivity index (χ0n) is 20.3. The first kappa shape index (κ1) is 24.4. The average molecular weight is 474 g/mol. The normalized spacial score (nSPS) is 12.1. The van der Waals surface area contributed by atoms with Crippen LogP contribution in [0.2, 0.25) is 0 Å². The van der Waals surface area contributed by atoms with Gasteiger partial charge in [0.15, 0.2) is 0 Å². The lowest BCUT2D eigenvalue weighted by Crippen LogP contribution is -2.27. The second-order valence-corrected chi connectivity index (χ2v) is 8.64. The molecule has 182 valence electrons. The third-order valence-electron chi connectivity index (χ3n) is 5.86. The van der Waals surface area contributed by atoms with Crippen LogP contribution >= 0.6 is 0 Å². The Morgan fingerprint density at radius 1 is 1.09 bits per heavy atom. The molecular weight excluding hydrogens is 442 g/mol. The molecule has 0 radical (unpaired) electrons. The summed E-state index contributed by atoms with van der Waals surface area (Å²) in [6.45, 7) is 5.64. The number of H-pyrrole nitrogens is 1. The van der Waals surface area contributed by atoms with E-state index in [1.165, 1.54) is 11.1 Å². The fourth-order valence-electron chi connectivity index (χ4n) is 3.85. The quantitative estimate of drug-likeness (QED) is 0.333. The van der Waals surface area contributed by atoms with Crippen molar-refractivity contribution in [3.63, 3.8) is 0 Å². The first-order valence-electron chi connectivity index (χ1n) is 11.6. The predicted octanol–water partition coefficient (Wildman–Crippen LogP) is 4.40. The van der Waals surface area contributed by atoms with Crippen molar-refractivity contribution >= 4 is 16.6 Å². The van der Waals surface area contributed by atoms with E-state index in [9.17, 15) is 4.79 Å². The monoisotopic (exact) mass is 473 g/mol. The number of fused-ring (bicyclic) bond motifs is 1. The van der Waals surface area contributed by atoms with Crippen molar-refractivity contribution in [3.05, 3.63) is 88.5 Å². The lowest BCUT2D eigenvalue weighted by Gasteiger charge is -2.21. The second-order valence-electron chi connectivity index (χ2n) is 8.64. The highest BCUT2D eigenvalue weighted by Gasteiger charge is 2.09. The minimum Gasteiger partial charge on any atom is -0.426 e. The van der Waals surface area contributed by atoms with E-state index in [1.54, 1.807) is 25.6 Å². The Morgan fingerprint density at radius 2 is 1.86 bits per heavy atom. The SMILES string of the molecule is COCCN(C)CC(C)c1ccc(CNc2ccc(Oc3nc4cnccc4c(=O)[nH]3)cc2)cc1. The van der Waals surface area contributed by atoms with Crippen molar-refractivity contribution in [2.45, 2.75) is 19.4 Å². The highest BCUT2D eigenvalue weighted by atomic mass is 16.5. The molecule has 0 saturated carbocycles. The summed E-state index contributed by atoms with van der Waals surface area (Å²) in [7, 11) is 3.86. The smallest absolute Gasteiger partial charge is 0.302 e. The maximum absolute atomic E-state index is 12.2. The number of hydrogen-bond donors (Lipinski definition) is 2. The van der Waals surface area contributed by atoms with Gasteiger partial charge < -0.3 is 19.7 Å². The van der Waals surface area contributed by atoms with Crippen LogP contribution in [0.4, 0.5) is 5.69 Å². The van der Waals surface area contributed by atoms with Gasteiger partial charge >= 0.3 is 6.01 Å². The number of benzene rings is 2. The van der Waals surface area contributed by atoms with E-state index in [-0.39, 0.29) is 11.6 Å². The molecule has 2 N–H and O–H groups in total. The van der Waals surface area contributed by atoms with Gasteiger partial charge in [-0.05, 0) is 54.4 Å². The number of pyridine rings is 1. The van der Waals surface area contributed by atoms with Crippen molar-refractivity contribution in [3.8, 4) is 11.8 Å². The Hall–Kier alpha value is -3.75. The highest BCUT2D eigenvalue weighted by molar-refractivity contribution is 5.76. The maximum Gasteiger partial charge on any atom is 0.302 e. The van der Waals surface area contributed by atoms with E-state index in [2.05, 4.69) is 63.4 Å². The van der Waals surface area contributed by atoms with Crippen LogP contribution in [0, 0.1) is 0 Å². The first-order valence-corrected chi connectivity index (χ1v) is 11.6. The van der Waals surface area contributed by atoms with Crippen LogP contribution < -0.4 is 15.6 Å². The number of aromatic amines is 1. The molecule has 0 saturated heterocycles. The van der Waals surface area contributed by atoms with E-state index >= 15 is 0 Å². The average Bonchev–Trinajstić information content (AvgIpc) is 2.87.